The molecule has 3 aromatic rings. The maximum absolute atomic E-state index is 12.9. The number of hydrogen-bond donors (Lipinski definition) is 2. The van der Waals surface area contributed by atoms with E-state index in [0.717, 1.165) is 0 Å². The van der Waals surface area contributed by atoms with Gasteiger partial charge in [-0.25, -0.2) is 9.18 Å². The molecule has 158 valence electrons. The number of carbonyl (C=O) groups excluding carboxylic acids is 3. The monoisotopic (exact) mass is 422 g/mol. The summed E-state index contributed by atoms with van der Waals surface area (Å²) in [6, 6.07) is 18.0. The summed E-state index contributed by atoms with van der Waals surface area (Å²) in [5.74, 6) is -1.41. The minimum absolute atomic E-state index is 0.239. The number of nitrogens with one attached hydrogen (secondary N) is 2. The molecule has 3 rings (SSSR count). The molecule has 0 saturated carbocycles. The zero-order valence-electron chi connectivity index (χ0n) is 16.6. The molecule has 31 heavy (non-hydrogen) atoms. The molecule has 0 aliphatic rings. The number of ether oxygens (including phenoxy) is 2. The second-order valence-corrected chi connectivity index (χ2v) is 6.36. The highest BCUT2D eigenvalue weighted by Gasteiger charge is 2.14. The molecule has 0 fully saturated rings. The third-order valence-corrected chi connectivity index (χ3v) is 4.19. The number of esters is 1. The zero-order valence-corrected chi connectivity index (χ0v) is 16.6. The molecular formula is C23H19FN2O5. The predicted molar refractivity (Wildman–Crippen MR) is 113 cm³/mol. The van der Waals surface area contributed by atoms with Crippen molar-refractivity contribution in [3.8, 4) is 5.75 Å². The molecule has 2 N–H and O–H groups in total. The van der Waals surface area contributed by atoms with Gasteiger partial charge in [-0.15, -0.1) is 0 Å². The molecule has 0 bridgehead atoms. The van der Waals surface area contributed by atoms with E-state index in [9.17, 15) is 18.8 Å². The van der Waals surface area contributed by atoms with Crippen molar-refractivity contribution < 1.29 is 28.2 Å². The maximum atomic E-state index is 12.9. The molecule has 0 unspecified atom stereocenters. The van der Waals surface area contributed by atoms with Gasteiger partial charge in [0.05, 0.1) is 18.4 Å². The topological polar surface area (TPSA) is 93.7 Å². The Morgan fingerprint density at radius 3 is 2.23 bits per heavy atom. The van der Waals surface area contributed by atoms with Crippen LogP contribution in [0, 0.1) is 5.82 Å². The summed E-state index contributed by atoms with van der Waals surface area (Å²) >= 11 is 0. The van der Waals surface area contributed by atoms with Crippen LogP contribution < -0.4 is 15.4 Å². The minimum atomic E-state index is -0.559. The lowest BCUT2D eigenvalue weighted by Crippen LogP contribution is -2.20. The highest BCUT2D eigenvalue weighted by molar-refractivity contribution is 6.08. The molecule has 0 atom stereocenters. The first-order valence-corrected chi connectivity index (χ1v) is 9.23. The fourth-order valence-corrected chi connectivity index (χ4v) is 2.66. The van der Waals surface area contributed by atoms with Gasteiger partial charge in [0.2, 0.25) is 0 Å². The summed E-state index contributed by atoms with van der Waals surface area (Å²) in [7, 11) is 1.26. The first-order valence-electron chi connectivity index (χ1n) is 9.23. The van der Waals surface area contributed by atoms with Gasteiger partial charge in [0.25, 0.3) is 11.8 Å². The van der Waals surface area contributed by atoms with Gasteiger partial charge in [0.15, 0.2) is 6.61 Å². The van der Waals surface area contributed by atoms with Crippen molar-refractivity contribution in [1.29, 1.82) is 0 Å². The van der Waals surface area contributed by atoms with Crippen molar-refractivity contribution in [2.45, 2.75) is 0 Å². The van der Waals surface area contributed by atoms with Crippen molar-refractivity contribution >= 4 is 29.2 Å². The third kappa shape index (κ3) is 5.89. The van der Waals surface area contributed by atoms with E-state index in [1.54, 1.807) is 36.4 Å². The fourth-order valence-electron chi connectivity index (χ4n) is 2.66. The van der Waals surface area contributed by atoms with Crippen LogP contribution in [0.3, 0.4) is 0 Å². The lowest BCUT2D eigenvalue weighted by Gasteiger charge is -2.10. The quantitative estimate of drug-likeness (QED) is 0.564. The summed E-state index contributed by atoms with van der Waals surface area (Å²) in [6.07, 6.45) is 0. The van der Waals surface area contributed by atoms with Gasteiger partial charge in [0.1, 0.15) is 11.6 Å². The van der Waals surface area contributed by atoms with E-state index in [-0.39, 0.29) is 12.2 Å². The van der Waals surface area contributed by atoms with E-state index in [1.165, 1.54) is 43.5 Å². The first-order chi connectivity index (χ1) is 15.0. The van der Waals surface area contributed by atoms with Gasteiger partial charge < -0.3 is 20.1 Å². The summed E-state index contributed by atoms with van der Waals surface area (Å²) in [6.45, 7) is -0.252. The number of amides is 2. The Hall–Kier alpha value is -4.20. The zero-order chi connectivity index (χ0) is 22.2. The van der Waals surface area contributed by atoms with Crippen LogP contribution in [-0.2, 0) is 9.53 Å². The molecule has 0 saturated heterocycles. The summed E-state index contributed by atoms with van der Waals surface area (Å²) in [4.78, 5) is 36.3. The van der Waals surface area contributed by atoms with Crippen LogP contribution in [0.5, 0.6) is 5.75 Å². The average molecular weight is 422 g/mol. The lowest BCUT2D eigenvalue weighted by molar-refractivity contribution is -0.118. The van der Waals surface area contributed by atoms with Crippen molar-refractivity contribution in [2.24, 2.45) is 0 Å². The van der Waals surface area contributed by atoms with Gasteiger partial charge >= 0.3 is 5.97 Å². The highest BCUT2D eigenvalue weighted by Crippen LogP contribution is 2.18. The Kier molecular flexibility index (Phi) is 6.95. The van der Waals surface area contributed by atoms with Crippen LogP contribution in [0.1, 0.15) is 20.7 Å². The van der Waals surface area contributed by atoms with Gasteiger partial charge in [-0.05, 0) is 60.7 Å². The largest absolute Gasteiger partial charge is 0.484 e. The van der Waals surface area contributed by atoms with E-state index in [4.69, 9.17) is 9.47 Å². The molecule has 2 amide bonds. The predicted octanol–water partition coefficient (Wildman–Crippen LogP) is 3.88. The molecule has 3 aromatic carbocycles. The second-order valence-electron chi connectivity index (χ2n) is 6.36. The highest BCUT2D eigenvalue weighted by atomic mass is 19.1. The number of rotatable bonds is 7. The van der Waals surface area contributed by atoms with Crippen LogP contribution in [-0.4, -0.2) is 31.5 Å². The Labute approximate surface area is 177 Å². The van der Waals surface area contributed by atoms with Gasteiger partial charge in [-0.2, -0.15) is 0 Å². The van der Waals surface area contributed by atoms with E-state index < -0.39 is 23.6 Å². The molecule has 0 aliphatic heterocycles. The molecule has 0 radical (unpaired) electrons. The molecule has 0 spiro atoms. The van der Waals surface area contributed by atoms with Gasteiger partial charge in [0, 0.05) is 11.3 Å². The van der Waals surface area contributed by atoms with Crippen LogP contribution >= 0.6 is 0 Å². The van der Waals surface area contributed by atoms with Crippen LogP contribution in [0.25, 0.3) is 0 Å². The molecular weight excluding hydrogens is 403 g/mol. The standard InChI is InChI=1S/C23H19FN2O5/c1-30-23(29)19-4-2-3-5-20(19)26-22(28)15-6-10-17(11-7-15)25-21(27)14-31-18-12-8-16(24)9-13-18/h2-13H,14H2,1H3,(H,25,27)(H,26,28). The molecule has 0 heterocycles. The average Bonchev–Trinajstić information content (AvgIpc) is 2.79. The normalized spacial score (nSPS) is 10.1. The smallest absolute Gasteiger partial charge is 0.339 e. The molecule has 0 aliphatic carbocycles. The first kappa shape index (κ1) is 21.5. The van der Waals surface area contributed by atoms with Crippen LogP contribution in [0.4, 0.5) is 15.8 Å². The number of para-hydroxylation sites is 1. The van der Waals surface area contributed by atoms with E-state index in [2.05, 4.69) is 10.6 Å². The number of hydrogen-bond acceptors (Lipinski definition) is 5. The fraction of sp³-hybridized carbons (Fsp3) is 0.0870. The summed E-state index contributed by atoms with van der Waals surface area (Å²) < 4.78 is 22.9. The molecule has 8 heteroatoms. The van der Waals surface area contributed by atoms with Crippen LogP contribution in [0.2, 0.25) is 0 Å². The third-order valence-electron chi connectivity index (χ3n) is 4.19. The van der Waals surface area contributed by atoms with E-state index in [1.807, 2.05) is 0 Å². The minimum Gasteiger partial charge on any atom is -0.484 e. The lowest BCUT2D eigenvalue weighted by atomic mass is 10.1. The number of methoxy groups -OCH3 is 1. The number of anilines is 2. The number of benzene rings is 3. The van der Waals surface area contributed by atoms with Gasteiger partial charge in [-0.1, -0.05) is 12.1 Å². The van der Waals surface area contributed by atoms with Crippen LogP contribution in [0.15, 0.2) is 72.8 Å². The maximum Gasteiger partial charge on any atom is 0.339 e. The van der Waals surface area contributed by atoms with E-state index >= 15 is 0 Å². The summed E-state index contributed by atoms with van der Waals surface area (Å²) in [5, 5.41) is 5.31. The molecule has 0 aromatic heterocycles. The van der Waals surface area contributed by atoms with Crippen molar-refractivity contribution in [3.05, 3.63) is 89.7 Å². The summed E-state index contributed by atoms with van der Waals surface area (Å²) in [5.41, 5.74) is 1.37. The number of carbonyl (C=O) groups is 3. The Morgan fingerprint density at radius 2 is 1.55 bits per heavy atom. The van der Waals surface area contributed by atoms with Crippen molar-refractivity contribution in [3.63, 3.8) is 0 Å². The second kappa shape index (κ2) is 10.0. The SMILES string of the molecule is COC(=O)c1ccccc1NC(=O)c1ccc(NC(=O)COc2ccc(F)cc2)cc1. The van der Waals surface area contributed by atoms with Crippen molar-refractivity contribution in [1.82, 2.24) is 0 Å². The van der Waals surface area contributed by atoms with E-state index in [0.29, 0.717) is 22.7 Å². The van der Waals surface area contributed by atoms with Gasteiger partial charge in [-0.3, -0.25) is 9.59 Å². The van der Waals surface area contributed by atoms with Crippen molar-refractivity contribution in [2.75, 3.05) is 24.4 Å². The Morgan fingerprint density at radius 1 is 0.871 bits per heavy atom. The number of halogens is 1. The Balaban J connectivity index is 1.57. The molecule has 7 nitrogen and oxygen atoms in total. The Bertz CT molecular complexity index is 1080.